The van der Waals surface area contributed by atoms with E-state index in [0.29, 0.717) is 6.42 Å². The van der Waals surface area contributed by atoms with E-state index in [1.54, 1.807) is 0 Å². The highest BCUT2D eigenvalue weighted by Crippen LogP contribution is 2.24. The van der Waals surface area contributed by atoms with Crippen LogP contribution in [-0.2, 0) is 22.6 Å². The highest BCUT2D eigenvalue weighted by molar-refractivity contribution is 5.78. The van der Waals surface area contributed by atoms with Gasteiger partial charge in [-0.3, -0.25) is 4.79 Å². The van der Waals surface area contributed by atoms with E-state index in [4.69, 9.17) is 9.84 Å². The second kappa shape index (κ2) is 4.49. The monoisotopic (exact) mass is 218 g/mol. The lowest BCUT2D eigenvalue weighted by molar-refractivity contribution is -0.143. The van der Waals surface area contributed by atoms with E-state index in [2.05, 4.69) is 0 Å². The predicted molar refractivity (Wildman–Crippen MR) is 60.6 cm³/mol. The summed E-state index contributed by atoms with van der Waals surface area (Å²) in [5, 5.41) is 9.02. The van der Waals surface area contributed by atoms with Crippen LogP contribution in [0.25, 0.3) is 6.08 Å². The summed E-state index contributed by atoms with van der Waals surface area (Å²) in [5.41, 5.74) is 3.08. The molecule has 0 aliphatic heterocycles. The van der Waals surface area contributed by atoms with Crippen molar-refractivity contribution in [1.82, 2.24) is 0 Å². The van der Waals surface area contributed by atoms with E-state index in [9.17, 15) is 4.79 Å². The fourth-order valence-electron chi connectivity index (χ4n) is 1.92. The maximum atomic E-state index is 11.4. The second-order valence-corrected chi connectivity index (χ2v) is 3.88. The second-order valence-electron chi connectivity index (χ2n) is 3.88. The fourth-order valence-corrected chi connectivity index (χ4v) is 1.92. The number of ether oxygens (including phenoxy) is 1. The number of carbonyl (C=O) groups excluding carboxylic acids is 1. The fraction of sp³-hybridized carbons (Fsp3) is 0.308. The number of fused-ring (bicyclic) bond motifs is 1. The van der Waals surface area contributed by atoms with Gasteiger partial charge in [-0.15, -0.1) is 0 Å². The Labute approximate surface area is 94.4 Å². The van der Waals surface area contributed by atoms with Gasteiger partial charge >= 0.3 is 5.97 Å². The predicted octanol–water partition coefficient (Wildman–Crippen LogP) is 1.54. The molecule has 1 aliphatic carbocycles. The molecule has 3 heteroatoms. The van der Waals surface area contributed by atoms with Crippen LogP contribution < -0.4 is 0 Å². The summed E-state index contributed by atoms with van der Waals surface area (Å²) in [6, 6.07) is 5.78. The quantitative estimate of drug-likeness (QED) is 0.766. The van der Waals surface area contributed by atoms with Crippen molar-refractivity contribution >= 4 is 12.0 Å². The minimum atomic E-state index is -0.201. The molecule has 0 unspecified atom stereocenters. The summed E-state index contributed by atoms with van der Waals surface area (Å²) in [6.07, 6.45) is 4.44. The molecule has 0 saturated heterocycles. The molecule has 0 bridgehead atoms. The van der Waals surface area contributed by atoms with Crippen LogP contribution in [0.5, 0.6) is 0 Å². The zero-order valence-corrected chi connectivity index (χ0v) is 9.14. The molecule has 0 amide bonds. The lowest BCUT2D eigenvalue weighted by atomic mass is 9.89. The molecule has 0 fully saturated rings. The lowest BCUT2D eigenvalue weighted by Gasteiger charge is -2.17. The van der Waals surface area contributed by atoms with E-state index < -0.39 is 0 Å². The molecule has 1 atom stereocenters. The number of esters is 1. The Morgan fingerprint density at radius 1 is 1.56 bits per heavy atom. The summed E-state index contributed by atoms with van der Waals surface area (Å²) in [7, 11) is 1.40. The molecule has 0 radical (unpaired) electrons. The molecule has 3 nitrogen and oxygen atoms in total. The topological polar surface area (TPSA) is 46.5 Å². The maximum Gasteiger partial charge on any atom is 0.312 e. The Kier molecular flexibility index (Phi) is 3.06. The molecule has 0 saturated carbocycles. The van der Waals surface area contributed by atoms with Gasteiger partial charge in [0.15, 0.2) is 0 Å². The molecular formula is C13H14O3. The summed E-state index contributed by atoms with van der Waals surface area (Å²) in [4.78, 5) is 11.4. The van der Waals surface area contributed by atoms with E-state index in [-0.39, 0.29) is 18.5 Å². The SMILES string of the molecule is COC(=O)[C@H]1C=Cc2cc(CO)ccc2C1. The van der Waals surface area contributed by atoms with Gasteiger partial charge in [0.2, 0.25) is 0 Å². The molecule has 0 aromatic heterocycles. The molecule has 1 N–H and O–H groups in total. The van der Waals surface area contributed by atoms with Crippen molar-refractivity contribution in [1.29, 1.82) is 0 Å². The van der Waals surface area contributed by atoms with Crippen molar-refractivity contribution in [3.63, 3.8) is 0 Å². The van der Waals surface area contributed by atoms with Crippen molar-refractivity contribution in [2.45, 2.75) is 13.0 Å². The van der Waals surface area contributed by atoms with E-state index in [1.807, 2.05) is 30.4 Å². The van der Waals surface area contributed by atoms with Crippen LogP contribution in [0.1, 0.15) is 16.7 Å². The molecule has 0 spiro atoms. The van der Waals surface area contributed by atoms with E-state index in [1.165, 1.54) is 7.11 Å². The van der Waals surface area contributed by atoms with Crippen molar-refractivity contribution in [2.75, 3.05) is 7.11 Å². The number of rotatable bonds is 2. The van der Waals surface area contributed by atoms with E-state index >= 15 is 0 Å². The first-order chi connectivity index (χ1) is 7.74. The van der Waals surface area contributed by atoms with Crippen LogP contribution in [0.3, 0.4) is 0 Å². The van der Waals surface area contributed by atoms with Gasteiger partial charge in [0.1, 0.15) is 0 Å². The summed E-state index contributed by atoms with van der Waals surface area (Å²) >= 11 is 0. The first-order valence-electron chi connectivity index (χ1n) is 5.23. The molecule has 84 valence electrons. The molecule has 1 aliphatic rings. The first kappa shape index (κ1) is 10.9. The number of benzene rings is 1. The van der Waals surface area contributed by atoms with Gasteiger partial charge in [-0.25, -0.2) is 0 Å². The first-order valence-corrected chi connectivity index (χ1v) is 5.23. The molecular weight excluding hydrogens is 204 g/mol. The molecule has 0 heterocycles. The van der Waals surface area contributed by atoms with Crippen LogP contribution in [0.2, 0.25) is 0 Å². The highest BCUT2D eigenvalue weighted by atomic mass is 16.5. The van der Waals surface area contributed by atoms with Crippen LogP contribution in [0, 0.1) is 5.92 Å². The van der Waals surface area contributed by atoms with Crippen LogP contribution >= 0.6 is 0 Å². The van der Waals surface area contributed by atoms with Crippen molar-refractivity contribution in [3.8, 4) is 0 Å². The average molecular weight is 218 g/mol. The number of aliphatic hydroxyl groups is 1. The van der Waals surface area contributed by atoms with Gasteiger partial charge in [0.05, 0.1) is 19.6 Å². The lowest BCUT2D eigenvalue weighted by Crippen LogP contribution is -2.19. The minimum absolute atomic E-state index is 0.0432. The smallest absolute Gasteiger partial charge is 0.312 e. The number of hydrogen-bond donors (Lipinski definition) is 1. The Hall–Kier alpha value is -1.61. The third-order valence-corrected chi connectivity index (χ3v) is 2.84. The third-order valence-electron chi connectivity index (χ3n) is 2.84. The Morgan fingerprint density at radius 2 is 2.38 bits per heavy atom. The summed E-state index contributed by atoms with van der Waals surface area (Å²) in [5.74, 6) is -0.384. The number of methoxy groups -OCH3 is 1. The van der Waals surface area contributed by atoms with E-state index in [0.717, 1.165) is 16.7 Å². The van der Waals surface area contributed by atoms with Gasteiger partial charge in [-0.2, -0.15) is 0 Å². The number of carbonyl (C=O) groups is 1. The van der Waals surface area contributed by atoms with Crippen LogP contribution in [0.15, 0.2) is 24.3 Å². The largest absolute Gasteiger partial charge is 0.469 e. The Morgan fingerprint density at radius 3 is 3.06 bits per heavy atom. The highest BCUT2D eigenvalue weighted by Gasteiger charge is 2.21. The Balaban J connectivity index is 2.26. The minimum Gasteiger partial charge on any atom is -0.469 e. The van der Waals surface area contributed by atoms with Gasteiger partial charge < -0.3 is 9.84 Å². The third kappa shape index (κ3) is 1.99. The van der Waals surface area contributed by atoms with Crippen molar-refractivity contribution < 1.29 is 14.6 Å². The number of aliphatic hydroxyl groups excluding tert-OH is 1. The standard InChI is InChI=1S/C13H14O3/c1-16-13(15)12-5-4-10-6-9(8-14)2-3-11(10)7-12/h2-6,12,14H,7-8H2,1H3/t12-/m0/s1. The van der Waals surface area contributed by atoms with Gasteiger partial charge in [-0.05, 0) is 29.2 Å². The van der Waals surface area contributed by atoms with Crippen molar-refractivity contribution in [3.05, 3.63) is 41.0 Å². The zero-order chi connectivity index (χ0) is 11.5. The van der Waals surface area contributed by atoms with Gasteiger partial charge in [-0.1, -0.05) is 24.3 Å². The Bertz CT molecular complexity index is 435. The van der Waals surface area contributed by atoms with Gasteiger partial charge in [0.25, 0.3) is 0 Å². The van der Waals surface area contributed by atoms with Crippen LogP contribution in [-0.4, -0.2) is 18.2 Å². The summed E-state index contributed by atoms with van der Waals surface area (Å²) in [6.45, 7) is 0.0432. The zero-order valence-electron chi connectivity index (χ0n) is 9.14. The molecule has 2 rings (SSSR count). The maximum absolute atomic E-state index is 11.4. The van der Waals surface area contributed by atoms with Crippen molar-refractivity contribution in [2.24, 2.45) is 5.92 Å². The summed E-state index contributed by atoms with van der Waals surface area (Å²) < 4.78 is 4.72. The van der Waals surface area contributed by atoms with Gasteiger partial charge in [0, 0.05) is 0 Å². The molecule has 1 aromatic carbocycles. The normalized spacial score (nSPS) is 18.0. The molecule has 16 heavy (non-hydrogen) atoms. The molecule has 1 aromatic rings. The number of hydrogen-bond acceptors (Lipinski definition) is 3. The van der Waals surface area contributed by atoms with Crippen LogP contribution in [0.4, 0.5) is 0 Å². The average Bonchev–Trinajstić information content (AvgIpc) is 2.36.